The fourth-order valence-corrected chi connectivity index (χ4v) is 3.66. The number of H-pyrrole nitrogens is 1. The number of rotatable bonds is 9. The third kappa shape index (κ3) is 6.24. The molecule has 0 aliphatic heterocycles. The van der Waals surface area contributed by atoms with Gasteiger partial charge in [-0.05, 0) is 61.6 Å². The van der Waals surface area contributed by atoms with E-state index >= 15 is 0 Å². The number of fused-ring (bicyclic) bond motifs is 1. The highest BCUT2D eigenvalue weighted by molar-refractivity contribution is 5.82. The quantitative estimate of drug-likeness (QED) is 0.300. The van der Waals surface area contributed by atoms with Gasteiger partial charge in [0.15, 0.2) is 12.2 Å². The van der Waals surface area contributed by atoms with Gasteiger partial charge in [-0.2, -0.15) is 0 Å². The highest BCUT2D eigenvalue weighted by Crippen LogP contribution is 2.48. The number of nitrogens with zero attached hydrogens (tertiary/aromatic N) is 1. The van der Waals surface area contributed by atoms with Gasteiger partial charge in [-0.3, -0.25) is 0 Å². The molecule has 2 heterocycles. The molecule has 29 heavy (non-hydrogen) atoms. The third-order valence-electron chi connectivity index (χ3n) is 6.01. The lowest BCUT2D eigenvalue weighted by molar-refractivity contribution is 0.519. The van der Waals surface area contributed by atoms with E-state index < -0.39 is 0 Å². The van der Waals surface area contributed by atoms with Gasteiger partial charge in [0.1, 0.15) is 0 Å². The van der Waals surface area contributed by atoms with Crippen LogP contribution < -0.4 is 0 Å². The standard InChI is InChI=1S/C14H17N.C12H17NO/c1-14(8-9-14)7-5-11-3-2-4-13-12(11)6-10-15-13;1-3-5-6-7-8-11(4-2)12-9-13-10-14-12/h2-4,6,10,15H,5,7-9H2,1H3;9-10H,2-3,5-8H2,1H3. The van der Waals surface area contributed by atoms with Gasteiger partial charge >= 0.3 is 0 Å². The fourth-order valence-electron chi connectivity index (χ4n) is 3.66. The predicted molar refractivity (Wildman–Crippen MR) is 122 cm³/mol. The molecule has 1 N–H and O–H groups in total. The number of hydrogen-bond acceptors (Lipinski definition) is 2. The Morgan fingerprint density at radius 3 is 2.79 bits per heavy atom. The van der Waals surface area contributed by atoms with Crippen molar-refractivity contribution in [3.8, 4) is 0 Å². The van der Waals surface area contributed by atoms with E-state index in [0.717, 1.165) is 17.8 Å². The maximum Gasteiger partial charge on any atom is 0.181 e. The highest BCUT2D eigenvalue weighted by Gasteiger charge is 2.36. The number of aryl methyl sites for hydroxylation is 1. The van der Waals surface area contributed by atoms with E-state index in [0.29, 0.717) is 5.41 Å². The Balaban J connectivity index is 0.000000166. The number of allylic oxidation sites excluding steroid dienone is 1. The number of nitrogens with one attached hydrogen (secondary N) is 1. The first-order chi connectivity index (χ1) is 14.1. The van der Waals surface area contributed by atoms with Crippen molar-refractivity contribution in [2.45, 2.75) is 71.6 Å². The number of unbranched alkanes of at least 4 members (excludes halogenated alkanes) is 3. The molecular weight excluding hydrogens is 356 g/mol. The molecule has 3 nitrogen and oxygen atoms in total. The Morgan fingerprint density at radius 1 is 1.24 bits per heavy atom. The van der Waals surface area contributed by atoms with E-state index in [4.69, 9.17) is 4.42 Å². The van der Waals surface area contributed by atoms with E-state index in [1.165, 1.54) is 74.2 Å². The second kappa shape index (κ2) is 10.3. The summed E-state index contributed by atoms with van der Waals surface area (Å²) in [5.41, 5.74) is 7.39. The molecular formula is C26H34N2O. The summed E-state index contributed by atoms with van der Waals surface area (Å²) in [7, 11) is 0. The number of oxazole rings is 1. The zero-order valence-electron chi connectivity index (χ0n) is 18.0. The summed E-state index contributed by atoms with van der Waals surface area (Å²) >= 11 is 0. The zero-order chi connectivity index (χ0) is 20.5. The third-order valence-corrected chi connectivity index (χ3v) is 6.01. The average Bonchev–Trinajstić information content (AvgIpc) is 3.15. The van der Waals surface area contributed by atoms with Gasteiger partial charge in [0.25, 0.3) is 0 Å². The Kier molecular flexibility index (Phi) is 7.55. The smallest absolute Gasteiger partial charge is 0.181 e. The molecule has 1 aliphatic carbocycles. The molecule has 4 rings (SSSR count). The number of benzene rings is 1. The number of aromatic nitrogens is 2. The summed E-state index contributed by atoms with van der Waals surface area (Å²) < 4.78 is 5.19. The largest absolute Gasteiger partial charge is 0.443 e. The average molecular weight is 391 g/mol. The Morgan fingerprint density at radius 2 is 2.10 bits per heavy atom. The van der Waals surface area contributed by atoms with Crippen molar-refractivity contribution in [3.63, 3.8) is 0 Å². The minimum atomic E-state index is 0.665. The Bertz CT molecular complexity index is 925. The minimum absolute atomic E-state index is 0.665. The maximum atomic E-state index is 5.19. The van der Waals surface area contributed by atoms with Crippen molar-refractivity contribution in [1.29, 1.82) is 0 Å². The normalized spacial score (nSPS) is 14.1. The van der Waals surface area contributed by atoms with Gasteiger partial charge in [-0.15, -0.1) is 5.73 Å². The van der Waals surface area contributed by atoms with E-state index in [9.17, 15) is 0 Å². The van der Waals surface area contributed by atoms with Crippen LogP contribution in [0.1, 0.15) is 76.5 Å². The topological polar surface area (TPSA) is 41.8 Å². The molecule has 0 radical (unpaired) electrons. The van der Waals surface area contributed by atoms with Crippen molar-refractivity contribution in [2.75, 3.05) is 0 Å². The van der Waals surface area contributed by atoms with Crippen LogP contribution in [-0.2, 0) is 6.42 Å². The predicted octanol–water partition coefficient (Wildman–Crippen LogP) is 7.71. The maximum absolute atomic E-state index is 5.19. The fraction of sp³-hybridized carbons (Fsp3) is 0.462. The molecule has 0 atom stereocenters. The van der Waals surface area contributed by atoms with Gasteiger partial charge in [0.2, 0.25) is 0 Å². The molecule has 1 saturated carbocycles. The van der Waals surface area contributed by atoms with Crippen molar-refractivity contribution in [1.82, 2.24) is 9.97 Å². The molecule has 2 aromatic heterocycles. The van der Waals surface area contributed by atoms with Gasteiger partial charge in [0, 0.05) is 22.7 Å². The van der Waals surface area contributed by atoms with Crippen LogP contribution in [0.2, 0.25) is 0 Å². The lowest BCUT2D eigenvalue weighted by Gasteiger charge is -2.08. The van der Waals surface area contributed by atoms with E-state index in [2.05, 4.69) is 60.4 Å². The lowest BCUT2D eigenvalue weighted by Crippen LogP contribution is -1.96. The molecule has 1 aliphatic rings. The molecule has 0 unspecified atom stereocenters. The van der Waals surface area contributed by atoms with Crippen molar-refractivity contribution in [2.24, 2.45) is 5.41 Å². The first-order valence-electron chi connectivity index (χ1n) is 11.0. The summed E-state index contributed by atoms with van der Waals surface area (Å²) in [6, 6.07) is 8.77. The summed E-state index contributed by atoms with van der Waals surface area (Å²) in [6.07, 6.45) is 16.6. The molecule has 0 saturated heterocycles. The number of aromatic amines is 1. The van der Waals surface area contributed by atoms with E-state index in [-0.39, 0.29) is 0 Å². The number of hydrogen-bond donors (Lipinski definition) is 1. The van der Waals surface area contributed by atoms with E-state index in [1.54, 1.807) is 6.20 Å². The Hall–Kier alpha value is -2.51. The van der Waals surface area contributed by atoms with E-state index in [1.807, 2.05) is 6.20 Å². The van der Waals surface area contributed by atoms with Gasteiger partial charge < -0.3 is 9.40 Å². The van der Waals surface area contributed by atoms with Crippen LogP contribution >= 0.6 is 0 Å². The first kappa shape index (κ1) is 21.2. The van der Waals surface area contributed by atoms with Gasteiger partial charge in [-0.25, -0.2) is 4.98 Å². The second-order valence-corrected chi connectivity index (χ2v) is 8.50. The molecule has 154 valence electrons. The SMILES string of the molecule is C=C=C(CCCCCC)c1cnco1.CC1(CCc2cccc3[nH]ccc23)CC1. The molecule has 1 aromatic carbocycles. The van der Waals surface area contributed by atoms with Crippen molar-refractivity contribution in [3.05, 3.63) is 66.7 Å². The summed E-state index contributed by atoms with van der Waals surface area (Å²) in [4.78, 5) is 7.15. The highest BCUT2D eigenvalue weighted by atomic mass is 16.3. The summed E-state index contributed by atoms with van der Waals surface area (Å²) in [6.45, 7) is 8.28. The summed E-state index contributed by atoms with van der Waals surface area (Å²) in [5.74, 6) is 0.802. The monoisotopic (exact) mass is 390 g/mol. The van der Waals surface area contributed by atoms with Crippen LogP contribution in [0.5, 0.6) is 0 Å². The zero-order valence-corrected chi connectivity index (χ0v) is 18.0. The summed E-state index contributed by atoms with van der Waals surface area (Å²) in [5, 5.41) is 1.40. The van der Waals surface area contributed by atoms with Crippen LogP contribution in [0.3, 0.4) is 0 Å². The first-order valence-corrected chi connectivity index (χ1v) is 11.0. The van der Waals surface area contributed by atoms with Crippen LogP contribution in [0.4, 0.5) is 0 Å². The van der Waals surface area contributed by atoms with Crippen LogP contribution in [-0.4, -0.2) is 9.97 Å². The lowest BCUT2D eigenvalue weighted by atomic mass is 9.97. The molecule has 0 spiro atoms. The van der Waals surface area contributed by atoms with Crippen molar-refractivity contribution < 1.29 is 4.42 Å². The molecule has 1 fully saturated rings. The molecule has 3 heteroatoms. The molecule has 3 aromatic rings. The second-order valence-electron chi connectivity index (χ2n) is 8.50. The van der Waals surface area contributed by atoms with Crippen LogP contribution in [0.15, 0.2) is 59.8 Å². The minimum Gasteiger partial charge on any atom is -0.443 e. The van der Waals surface area contributed by atoms with Crippen molar-refractivity contribution >= 4 is 16.5 Å². The molecule has 0 amide bonds. The molecule has 0 bridgehead atoms. The van der Waals surface area contributed by atoms with Crippen LogP contribution in [0, 0.1) is 5.41 Å². The Labute approximate surface area is 174 Å². The van der Waals surface area contributed by atoms with Crippen LogP contribution in [0.25, 0.3) is 16.5 Å². The van der Waals surface area contributed by atoms with Gasteiger partial charge in [-0.1, -0.05) is 51.8 Å². The van der Waals surface area contributed by atoms with Gasteiger partial charge in [0.05, 0.1) is 6.20 Å².